The highest BCUT2D eigenvalue weighted by molar-refractivity contribution is 5.92. The Morgan fingerprint density at radius 3 is 2.51 bits per heavy atom. The van der Waals surface area contributed by atoms with Gasteiger partial charge in [0, 0.05) is 17.4 Å². The quantitative estimate of drug-likeness (QED) is 0.145. The van der Waals surface area contributed by atoms with Gasteiger partial charge in [0.15, 0.2) is 12.1 Å². The molecule has 1 aliphatic heterocycles. The molecule has 1 fully saturated rings. The van der Waals surface area contributed by atoms with Crippen LogP contribution in [0.5, 0.6) is 0 Å². The van der Waals surface area contributed by atoms with E-state index in [1.807, 2.05) is 0 Å². The first kappa shape index (κ1) is 33.0. The predicted molar refractivity (Wildman–Crippen MR) is 143 cm³/mol. The first-order valence-electron chi connectivity index (χ1n) is 13.1. The molecule has 2 aliphatic rings. The Labute approximate surface area is 230 Å². The molecule has 0 saturated carbocycles. The van der Waals surface area contributed by atoms with E-state index < -0.39 is 66.0 Å². The number of carbonyl (C=O) groups excluding carboxylic acids is 2. The zero-order valence-electron chi connectivity index (χ0n) is 23.7. The van der Waals surface area contributed by atoms with E-state index in [1.54, 1.807) is 59.8 Å². The lowest BCUT2D eigenvalue weighted by Crippen LogP contribution is -2.59. The first-order valence-corrected chi connectivity index (χ1v) is 13.1. The molecule has 1 saturated heterocycles. The second kappa shape index (κ2) is 13.0. The van der Waals surface area contributed by atoms with Gasteiger partial charge in [0.1, 0.15) is 36.6 Å². The highest BCUT2D eigenvalue weighted by Gasteiger charge is 2.47. The molecule has 1 aliphatic carbocycles. The van der Waals surface area contributed by atoms with Gasteiger partial charge in [-0.15, -0.1) is 6.58 Å². The first-order chi connectivity index (χ1) is 17.9. The lowest BCUT2D eigenvalue weighted by Gasteiger charge is -2.44. The molecule has 0 radical (unpaired) electrons. The summed E-state index contributed by atoms with van der Waals surface area (Å²) in [5.74, 6) is -0.729. The molecular formula is C29H44O10. The summed E-state index contributed by atoms with van der Waals surface area (Å²) in [7, 11) is 0. The van der Waals surface area contributed by atoms with Gasteiger partial charge >= 0.3 is 5.97 Å². The molecule has 3 unspecified atom stereocenters. The molecule has 220 valence electrons. The van der Waals surface area contributed by atoms with E-state index in [9.17, 15) is 35.1 Å². The maximum atomic E-state index is 12.4. The molecule has 0 bridgehead atoms. The number of allylic oxidation sites excluding steroid dienone is 2. The summed E-state index contributed by atoms with van der Waals surface area (Å²) in [5.41, 5.74) is -2.42. The summed E-state index contributed by atoms with van der Waals surface area (Å²) in [6, 6.07) is 0. The Hall–Kier alpha value is -2.18. The van der Waals surface area contributed by atoms with Gasteiger partial charge in [0.25, 0.3) is 0 Å². The van der Waals surface area contributed by atoms with E-state index in [4.69, 9.17) is 14.2 Å². The van der Waals surface area contributed by atoms with Crippen LogP contribution in [0.1, 0.15) is 60.8 Å². The normalized spacial score (nSPS) is 33.8. The molecule has 1 heterocycles. The maximum Gasteiger partial charge on any atom is 0.333 e. The minimum atomic E-state index is -1.63. The minimum absolute atomic E-state index is 0.0654. The van der Waals surface area contributed by atoms with Crippen molar-refractivity contribution in [3.63, 3.8) is 0 Å². The number of hydrogen-bond acceptors (Lipinski definition) is 10. The van der Waals surface area contributed by atoms with Gasteiger partial charge in [0.2, 0.25) is 0 Å². The molecule has 2 rings (SSSR count). The van der Waals surface area contributed by atoms with Crippen molar-refractivity contribution < 1.29 is 49.3 Å². The molecule has 39 heavy (non-hydrogen) atoms. The molecule has 5 N–H and O–H groups in total. The van der Waals surface area contributed by atoms with Crippen molar-refractivity contribution in [3.8, 4) is 0 Å². The van der Waals surface area contributed by atoms with Crippen LogP contribution in [-0.4, -0.2) is 91.9 Å². The van der Waals surface area contributed by atoms with E-state index in [-0.39, 0.29) is 12.2 Å². The molecule has 0 amide bonds. The Kier molecular flexibility index (Phi) is 11.0. The molecular weight excluding hydrogens is 508 g/mol. The number of aliphatic hydroxyl groups is 5. The van der Waals surface area contributed by atoms with Crippen LogP contribution < -0.4 is 0 Å². The highest BCUT2D eigenvalue weighted by atomic mass is 16.7. The van der Waals surface area contributed by atoms with E-state index in [0.717, 1.165) is 0 Å². The van der Waals surface area contributed by atoms with E-state index >= 15 is 0 Å². The third-order valence-corrected chi connectivity index (χ3v) is 7.49. The lowest BCUT2D eigenvalue weighted by molar-refractivity contribution is -0.306. The summed E-state index contributed by atoms with van der Waals surface area (Å²) in [6.07, 6.45) is 0.492. The molecule has 0 aromatic carbocycles. The topological polar surface area (TPSA) is 163 Å². The van der Waals surface area contributed by atoms with E-state index in [2.05, 4.69) is 6.58 Å². The predicted octanol–water partition coefficient (Wildman–Crippen LogP) is 1.64. The fourth-order valence-corrected chi connectivity index (χ4v) is 4.60. The van der Waals surface area contributed by atoms with Crippen LogP contribution in [0.2, 0.25) is 0 Å². The fraction of sp³-hybridized carbons (Fsp3) is 0.655. The second-order valence-corrected chi connectivity index (χ2v) is 11.4. The fourth-order valence-electron chi connectivity index (χ4n) is 4.60. The van der Waals surface area contributed by atoms with Crippen molar-refractivity contribution in [2.45, 2.75) is 109 Å². The Morgan fingerprint density at radius 1 is 1.28 bits per heavy atom. The maximum absolute atomic E-state index is 12.4. The Bertz CT molecular complexity index is 994. The average molecular weight is 553 g/mol. The van der Waals surface area contributed by atoms with Gasteiger partial charge in [0.05, 0.1) is 11.7 Å². The van der Waals surface area contributed by atoms with Crippen LogP contribution in [0.3, 0.4) is 0 Å². The largest absolute Gasteiger partial charge is 0.459 e. The van der Waals surface area contributed by atoms with Crippen LogP contribution in [0.4, 0.5) is 0 Å². The van der Waals surface area contributed by atoms with Gasteiger partial charge < -0.3 is 39.7 Å². The van der Waals surface area contributed by atoms with Crippen molar-refractivity contribution >= 4 is 11.8 Å². The zero-order chi connectivity index (χ0) is 29.8. The van der Waals surface area contributed by atoms with Gasteiger partial charge in [-0.2, -0.15) is 0 Å². The van der Waals surface area contributed by atoms with Crippen LogP contribution in [-0.2, 0) is 23.8 Å². The van der Waals surface area contributed by atoms with Crippen molar-refractivity contribution in [2.24, 2.45) is 5.41 Å². The second-order valence-electron chi connectivity index (χ2n) is 11.4. The van der Waals surface area contributed by atoms with Crippen LogP contribution in [0, 0.1) is 5.41 Å². The van der Waals surface area contributed by atoms with Gasteiger partial charge in [-0.3, -0.25) is 4.79 Å². The van der Waals surface area contributed by atoms with Gasteiger partial charge in [-0.05, 0) is 58.3 Å². The van der Waals surface area contributed by atoms with Gasteiger partial charge in [-0.25, -0.2) is 4.79 Å². The average Bonchev–Trinajstić information content (AvgIpc) is 2.85. The molecule has 10 heteroatoms. The summed E-state index contributed by atoms with van der Waals surface area (Å²) in [4.78, 5) is 24.3. The van der Waals surface area contributed by atoms with Crippen molar-refractivity contribution in [1.29, 1.82) is 0 Å². The van der Waals surface area contributed by atoms with Crippen molar-refractivity contribution in [3.05, 3.63) is 48.1 Å². The molecule has 10 nitrogen and oxygen atoms in total. The van der Waals surface area contributed by atoms with E-state index in [0.29, 0.717) is 24.0 Å². The number of rotatable bonds is 11. The SMILES string of the molecule is C=CC(C)(O)CC/C=C(\C)C(=O)OC[C@H]1OC(O[C@@H](C)/C=C/C2(O)C(C)=CC(=O)CC2(C)C)[C@H](O)[C@@H](O)[C@@H]1O. The monoisotopic (exact) mass is 552 g/mol. The number of aliphatic hydroxyl groups excluding tert-OH is 3. The third kappa shape index (κ3) is 8.17. The Balaban J connectivity index is 2.02. The standard InChI is InChI=1S/C29H44O10/c1-8-28(7,35)12-9-10-17(2)25(34)37-16-21-22(31)23(32)24(33)26(39-21)38-19(4)11-13-29(36)18(3)14-20(30)15-27(29,5)6/h8,10-11,13-14,19,21-24,26,31-33,35-36H,1,9,12,15-16H2,2-7H3/b13-11+,17-10+/t19-,21+,22+,23-,24+,26?,28?,29?/m0/s1. The summed E-state index contributed by atoms with van der Waals surface area (Å²) >= 11 is 0. The number of esters is 1. The van der Waals surface area contributed by atoms with Crippen LogP contribution >= 0.6 is 0 Å². The lowest BCUT2D eigenvalue weighted by atomic mass is 9.64. The number of ether oxygens (including phenoxy) is 3. The van der Waals surface area contributed by atoms with Crippen molar-refractivity contribution in [1.82, 2.24) is 0 Å². The van der Waals surface area contributed by atoms with E-state index in [1.165, 1.54) is 12.2 Å². The summed E-state index contributed by atoms with van der Waals surface area (Å²) in [5, 5.41) is 52.4. The molecule has 0 spiro atoms. The summed E-state index contributed by atoms with van der Waals surface area (Å²) in [6.45, 7) is 13.2. The Morgan fingerprint density at radius 2 is 1.92 bits per heavy atom. The highest BCUT2D eigenvalue weighted by Crippen LogP contribution is 2.44. The van der Waals surface area contributed by atoms with Crippen molar-refractivity contribution in [2.75, 3.05) is 6.61 Å². The smallest absolute Gasteiger partial charge is 0.333 e. The van der Waals surface area contributed by atoms with Crippen LogP contribution in [0.15, 0.2) is 48.1 Å². The summed E-state index contributed by atoms with van der Waals surface area (Å²) < 4.78 is 16.6. The molecule has 8 atom stereocenters. The number of carbonyl (C=O) groups is 2. The van der Waals surface area contributed by atoms with Gasteiger partial charge in [-0.1, -0.05) is 32.1 Å². The number of ketones is 1. The molecule has 0 aromatic rings. The van der Waals surface area contributed by atoms with Crippen LogP contribution in [0.25, 0.3) is 0 Å². The zero-order valence-corrected chi connectivity index (χ0v) is 23.7. The minimum Gasteiger partial charge on any atom is -0.459 e. The third-order valence-electron chi connectivity index (χ3n) is 7.49. The number of hydrogen-bond donors (Lipinski definition) is 5. The molecule has 0 aromatic heterocycles.